The molecule has 2 aromatic carbocycles. The second-order valence-corrected chi connectivity index (χ2v) is 5.50. The normalized spacial score (nSPS) is 11.7. The van der Waals surface area contributed by atoms with Gasteiger partial charge in [0.25, 0.3) is 0 Å². The van der Waals surface area contributed by atoms with E-state index in [2.05, 4.69) is 12.2 Å². The van der Waals surface area contributed by atoms with E-state index in [0.717, 1.165) is 12.8 Å². The van der Waals surface area contributed by atoms with E-state index in [1.54, 1.807) is 24.3 Å². The lowest BCUT2D eigenvalue weighted by molar-refractivity contribution is -0.140. The van der Waals surface area contributed by atoms with E-state index in [1.807, 2.05) is 30.3 Å². The monoisotopic (exact) mass is 311 g/mol. The van der Waals surface area contributed by atoms with Gasteiger partial charge in [0.05, 0.1) is 5.92 Å². The van der Waals surface area contributed by atoms with E-state index >= 15 is 0 Å². The van der Waals surface area contributed by atoms with E-state index in [0.29, 0.717) is 11.3 Å². The lowest BCUT2D eigenvalue weighted by atomic mass is 9.95. The first-order valence-corrected chi connectivity index (χ1v) is 7.76. The van der Waals surface area contributed by atoms with Crippen LogP contribution in [0.15, 0.2) is 54.6 Å². The summed E-state index contributed by atoms with van der Waals surface area (Å²) in [7, 11) is 0. The largest absolute Gasteiger partial charge is 0.481 e. The fourth-order valence-corrected chi connectivity index (χ4v) is 2.47. The molecule has 0 fully saturated rings. The van der Waals surface area contributed by atoms with Crippen molar-refractivity contribution in [2.24, 2.45) is 0 Å². The lowest BCUT2D eigenvalue weighted by Gasteiger charge is -2.13. The minimum atomic E-state index is -0.996. The smallest absolute Gasteiger partial charge is 0.311 e. The summed E-state index contributed by atoms with van der Waals surface area (Å²) in [5.41, 5.74) is 2.54. The first-order chi connectivity index (χ1) is 11.1. The van der Waals surface area contributed by atoms with Gasteiger partial charge in [-0.3, -0.25) is 9.59 Å². The van der Waals surface area contributed by atoms with Crippen LogP contribution >= 0.6 is 0 Å². The van der Waals surface area contributed by atoms with Crippen LogP contribution < -0.4 is 5.32 Å². The van der Waals surface area contributed by atoms with Gasteiger partial charge in [0, 0.05) is 12.1 Å². The van der Waals surface area contributed by atoms with Crippen molar-refractivity contribution in [1.82, 2.24) is 0 Å². The van der Waals surface area contributed by atoms with Crippen LogP contribution in [0.1, 0.15) is 36.8 Å². The fraction of sp³-hybridized carbons (Fsp3) is 0.263. The molecule has 23 heavy (non-hydrogen) atoms. The van der Waals surface area contributed by atoms with Crippen molar-refractivity contribution in [2.45, 2.75) is 32.1 Å². The van der Waals surface area contributed by atoms with Gasteiger partial charge in [-0.1, -0.05) is 55.8 Å². The van der Waals surface area contributed by atoms with Crippen LogP contribution in [0.3, 0.4) is 0 Å². The number of anilines is 1. The van der Waals surface area contributed by atoms with Crippen LogP contribution in [0.5, 0.6) is 0 Å². The van der Waals surface area contributed by atoms with Gasteiger partial charge < -0.3 is 10.4 Å². The molecule has 0 aromatic heterocycles. The van der Waals surface area contributed by atoms with E-state index in [4.69, 9.17) is 0 Å². The van der Waals surface area contributed by atoms with E-state index < -0.39 is 11.9 Å². The van der Waals surface area contributed by atoms with Gasteiger partial charge in [-0.05, 0) is 29.7 Å². The molecule has 0 saturated heterocycles. The molecule has 2 N–H and O–H groups in total. The van der Waals surface area contributed by atoms with Crippen molar-refractivity contribution in [2.75, 3.05) is 5.32 Å². The van der Waals surface area contributed by atoms with Crippen molar-refractivity contribution in [1.29, 1.82) is 0 Å². The second kappa shape index (κ2) is 8.13. The number of carboxylic acids is 1. The molecule has 0 saturated carbocycles. The molecule has 0 aliphatic carbocycles. The maximum atomic E-state index is 12.1. The second-order valence-electron chi connectivity index (χ2n) is 5.50. The zero-order chi connectivity index (χ0) is 16.7. The van der Waals surface area contributed by atoms with Crippen LogP contribution in [-0.2, 0) is 16.0 Å². The van der Waals surface area contributed by atoms with Gasteiger partial charge in [0.15, 0.2) is 0 Å². The number of aryl methyl sites for hydroxylation is 1. The Morgan fingerprint density at radius 1 is 1.04 bits per heavy atom. The van der Waals surface area contributed by atoms with E-state index in [1.165, 1.54) is 5.56 Å². The Morgan fingerprint density at radius 3 is 2.26 bits per heavy atom. The molecule has 1 atom stereocenters. The summed E-state index contributed by atoms with van der Waals surface area (Å²) in [6.07, 6.45) is 1.99. The third-order valence-corrected chi connectivity index (χ3v) is 3.67. The summed E-state index contributed by atoms with van der Waals surface area (Å²) in [5.74, 6) is -2.13. The maximum Gasteiger partial charge on any atom is 0.311 e. The lowest BCUT2D eigenvalue weighted by Crippen LogP contribution is -2.20. The molecule has 1 amide bonds. The van der Waals surface area contributed by atoms with Crippen molar-refractivity contribution < 1.29 is 14.7 Å². The SMILES string of the molecule is CCCc1ccc(NC(=O)C[C@@H](C(=O)O)c2ccccc2)cc1. The zero-order valence-electron chi connectivity index (χ0n) is 13.2. The number of nitrogens with one attached hydrogen (secondary N) is 1. The molecule has 4 nitrogen and oxygen atoms in total. The van der Waals surface area contributed by atoms with Gasteiger partial charge in [0.1, 0.15) is 0 Å². The number of carboxylic acid groups (broad SMARTS) is 1. The first-order valence-electron chi connectivity index (χ1n) is 7.76. The third-order valence-electron chi connectivity index (χ3n) is 3.67. The number of carbonyl (C=O) groups is 2. The van der Waals surface area contributed by atoms with Crippen molar-refractivity contribution in [3.63, 3.8) is 0 Å². The molecular weight excluding hydrogens is 290 g/mol. The number of amides is 1. The summed E-state index contributed by atoms with van der Waals surface area (Å²) in [5, 5.41) is 12.1. The minimum Gasteiger partial charge on any atom is -0.481 e. The number of rotatable bonds is 7. The molecule has 2 rings (SSSR count). The molecule has 0 heterocycles. The maximum absolute atomic E-state index is 12.1. The topological polar surface area (TPSA) is 66.4 Å². The van der Waals surface area contributed by atoms with Crippen LogP contribution in [0.25, 0.3) is 0 Å². The Bertz CT molecular complexity index is 650. The fourth-order valence-electron chi connectivity index (χ4n) is 2.47. The van der Waals surface area contributed by atoms with Gasteiger partial charge in [0.2, 0.25) is 5.91 Å². The molecule has 2 aromatic rings. The summed E-state index contributed by atoms with van der Waals surface area (Å²) >= 11 is 0. The molecule has 4 heteroatoms. The standard InChI is InChI=1S/C19H21NO3/c1-2-6-14-9-11-16(12-10-14)20-18(21)13-17(19(22)23)15-7-4-3-5-8-15/h3-5,7-12,17H,2,6,13H2,1H3,(H,20,21)(H,22,23)/t17-/m1/s1. The Balaban J connectivity index is 2.00. The minimum absolute atomic E-state index is 0.0872. The number of carbonyl (C=O) groups excluding carboxylic acids is 1. The number of hydrogen-bond acceptors (Lipinski definition) is 2. The first kappa shape index (κ1) is 16.7. The highest BCUT2D eigenvalue weighted by Gasteiger charge is 2.23. The predicted molar refractivity (Wildman–Crippen MR) is 90.5 cm³/mol. The zero-order valence-corrected chi connectivity index (χ0v) is 13.2. The van der Waals surface area contributed by atoms with Crippen LogP contribution in [0, 0.1) is 0 Å². The van der Waals surface area contributed by atoms with Gasteiger partial charge in [-0.15, -0.1) is 0 Å². The quantitative estimate of drug-likeness (QED) is 0.816. The van der Waals surface area contributed by atoms with Crippen molar-refractivity contribution in [3.8, 4) is 0 Å². The van der Waals surface area contributed by atoms with Gasteiger partial charge in [-0.25, -0.2) is 0 Å². The summed E-state index contributed by atoms with van der Waals surface area (Å²) in [6, 6.07) is 16.5. The molecule has 0 spiro atoms. The predicted octanol–water partition coefficient (Wildman–Crippen LogP) is 3.84. The molecule has 0 aliphatic heterocycles. The Morgan fingerprint density at radius 2 is 1.70 bits per heavy atom. The number of aliphatic carboxylic acids is 1. The Labute approximate surface area is 136 Å². The molecular formula is C19H21NO3. The summed E-state index contributed by atoms with van der Waals surface area (Å²) < 4.78 is 0. The van der Waals surface area contributed by atoms with Crippen molar-refractivity contribution >= 4 is 17.6 Å². The highest BCUT2D eigenvalue weighted by molar-refractivity contribution is 5.94. The van der Waals surface area contributed by atoms with E-state index in [9.17, 15) is 14.7 Å². The molecule has 0 unspecified atom stereocenters. The number of hydrogen-bond donors (Lipinski definition) is 2. The highest BCUT2D eigenvalue weighted by atomic mass is 16.4. The Kier molecular flexibility index (Phi) is 5.92. The highest BCUT2D eigenvalue weighted by Crippen LogP contribution is 2.21. The molecule has 0 bridgehead atoms. The average Bonchev–Trinajstić information content (AvgIpc) is 2.55. The van der Waals surface area contributed by atoms with Crippen LogP contribution in [0.2, 0.25) is 0 Å². The van der Waals surface area contributed by atoms with Gasteiger partial charge in [-0.2, -0.15) is 0 Å². The van der Waals surface area contributed by atoms with Gasteiger partial charge >= 0.3 is 5.97 Å². The molecule has 0 aliphatic rings. The molecule has 120 valence electrons. The summed E-state index contributed by atoms with van der Waals surface area (Å²) in [6.45, 7) is 2.12. The molecule has 0 radical (unpaired) electrons. The van der Waals surface area contributed by atoms with Crippen LogP contribution in [0.4, 0.5) is 5.69 Å². The van der Waals surface area contributed by atoms with Crippen molar-refractivity contribution in [3.05, 3.63) is 65.7 Å². The third kappa shape index (κ3) is 4.95. The average molecular weight is 311 g/mol. The van der Waals surface area contributed by atoms with Crippen LogP contribution in [-0.4, -0.2) is 17.0 Å². The number of benzene rings is 2. The Hall–Kier alpha value is -2.62. The van der Waals surface area contributed by atoms with E-state index in [-0.39, 0.29) is 12.3 Å². The summed E-state index contributed by atoms with van der Waals surface area (Å²) in [4.78, 5) is 23.6.